The van der Waals surface area contributed by atoms with Crippen LogP contribution in [0.3, 0.4) is 0 Å². The molecule has 96 valence electrons. The Bertz CT molecular complexity index is 365. The van der Waals surface area contributed by atoms with Gasteiger partial charge in [0.25, 0.3) is 0 Å². The number of hydrogen-bond donors (Lipinski definition) is 2. The summed E-state index contributed by atoms with van der Waals surface area (Å²) < 4.78 is 5.71. The minimum atomic E-state index is -1.73. The SMILES string of the molecule is C[Si](C)(C)Nc1nc(N)nc(O[Si](C)(C)C)n1. The Morgan fingerprint density at radius 3 is 2.06 bits per heavy atom. The summed E-state index contributed by atoms with van der Waals surface area (Å²) in [6.45, 7) is 12.7. The molecule has 0 aromatic carbocycles. The lowest BCUT2D eigenvalue weighted by molar-refractivity contribution is 0.509. The third-order valence-electron chi connectivity index (χ3n) is 1.52. The fourth-order valence-electron chi connectivity index (χ4n) is 1.08. The van der Waals surface area contributed by atoms with E-state index in [1.165, 1.54) is 0 Å². The van der Waals surface area contributed by atoms with E-state index in [4.69, 9.17) is 10.2 Å². The van der Waals surface area contributed by atoms with Crippen molar-refractivity contribution in [2.24, 2.45) is 0 Å². The zero-order chi connectivity index (χ0) is 13.3. The van der Waals surface area contributed by atoms with Gasteiger partial charge >= 0.3 is 6.01 Å². The van der Waals surface area contributed by atoms with Crippen LogP contribution in [0.4, 0.5) is 11.9 Å². The summed E-state index contributed by atoms with van der Waals surface area (Å²) in [5.74, 6) is 0.693. The first-order valence-corrected chi connectivity index (χ1v) is 12.4. The van der Waals surface area contributed by atoms with Gasteiger partial charge in [-0.1, -0.05) is 19.6 Å². The molecule has 0 aliphatic rings. The number of aromatic nitrogens is 3. The lowest BCUT2D eigenvalue weighted by Crippen LogP contribution is -2.34. The van der Waals surface area contributed by atoms with Gasteiger partial charge in [-0.15, -0.1) is 0 Å². The quantitative estimate of drug-likeness (QED) is 0.814. The molecular weight excluding hydrogens is 250 g/mol. The zero-order valence-corrected chi connectivity index (χ0v) is 13.3. The maximum absolute atomic E-state index is 5.71. The second kappa shape index (κ2) is 4.61. The number of nitrogens with one attached hydrogen (secondary N) is 1. The van der Waals surface area contributed by atoms with Crippen molar-refractivity contribution in [2.45, 2.75) is 39.3 Å². The van der Waals surface area contributed by atoms with Crippen LogP contribution in [0.2, 0.25) is 39.3 Å². The second-order valence-corrected chi connectivity index (χ2v) is 15.1. The van der Waals surface area contributed by atoms with Crippen molar-refractivity contribution in [3.63, 3.8) is 0 Å². The van der Waals surface area contributed by atoms with Gasteiger partial charge in [0, 0.05) is 0 Å². The fraction of sp³-hybridized carbons (Fsp3) is 0.667. The molecule has 0 amide bonds. The topological polar surface area (TPSA) is 86.0 Å². The molecule has 8 heteroatoms. The van der Waals surface area contributed by atoms with Gasteiger partial charge in [0.1, 0.15) is 8.24 Å². The largest absolute Gasteiger partial charge is 0.518 e. The molecule has 17 heavy (non-hydrogen) atoms. The first-order valence-electron chi connectivity index (χ1n) is 5.54. The van der Waals surface area contributed by atoms with Crippen molar-refractivity contribution >= 4 is 28.4 Å². The highest BCUT2D eigenvalue weighted by Gasteiger charge is 2.20. The Balaban J connectivity index is 2.95. The molecule has 0 unspecified atom stereocenters. The van der Waals surface area contributed by atoms with Crippen molar-refractivity contribution in [3.05, 3.63) is 0 Å². The number of rotatable bonds is 4. The molecule has 1 heterocycles. The van der Waals surface area contributed by atoms with E-state index in [9.17, 15) is 0 Å². The number of nitrogen functional groups attached to an aromatic ring is 1. The van der Waals surface area contributed by atoms with Gasteiger partial charge in [-0.25, -0.2) is 0 Å². The molecule has 0 aliphatic carbocycles. The van der Waals surface area contributed by atoms with E-state index in [2.05, 4.69) is 59.2 Å². The lowest BCUT2D eigenvalue weighted by atomic mass is 10.9. The lowest BCUT2D eigenvalue weighted by Gasteiger charge is -2.20. The summed E-state index contributed by atoms with van der Waals surface area (Å²) in [6, 6.07) is 0.317. The van der Waals surface area contributed by atoms with Crippen LogP contribution in [0.5, 0.6) is 6.01 Å². The van der Waals surface area contributed by atoms with Crippen LogP contribution in [0.1, 0.15) is 0 Å². The van der Waals surface area contributed by atoms with Gasteiger partial charge in [0.05, 0.1) is 0 Å². The van der Waals surface area contributed by atoms with Crippen molar-refractivity contribution in [3.8, 4) is 6.01 Å². The van der Waals surface area contributed by atoms with Crippen LogP contribution in [0, 0.1) is 0 Å². The minimum Gasteiger partial charge on any atom is -0.518 e. The van der Waals surface area contributed by atoms with Crippen LogP contribution in [-0.2, 0) is 0 Å². The Morgan fingerprint density at radius 2 is 1.59 bits per heavy atom. The maximum atomic E-state index is 5.71. The molecule has 1 aromatic rings. The molecule has 0 fully saturated rings. The van der Waals surface area contributed by atoms with E-state index in [0.717, 1.165) is 0 Å². The van der Waals surface area contributed by atoms with Crippen LogP contribution in [0.25, 0.3) is 0 Å². The Labute approximate surface area is 104 Å². The molecule has 0 spiro atoms. The third kappa shape index (κ3) is 5.64. The normalized spacial score (nSPS) is 12.4. The van der Waals surface area contributed by atoms with Crippen LogP contribution < -0.4 is 15.1 Å². The summed E-state index contributed by atoms with van der Waals surface area (Å²) in [6.07, 6.45) is 0. The smallest absolute Gasteiger partial charge is 0.309 e. The molecule has 6 nitrogen and oxygen atoms in total. The molecule has 0 bridgehead atoms. The van der Waals surface area contributed by atoms with Crippen LogP contribution >= 0.6 is 0 Å². The predicted molar refractivity (Wildman–Crippen MR) is 75.2 cm³/mol. The Kier molecular flexibility index (Phi) is 3.77. The van der Waals surface area contributed by atoms with E-state index < -0.39 is 16.6 Å². The standard InChI is InChI=1S/C9H21N5OSi2/c1-16(2,3)14-8-11-7(10)12-9(13-8)15-17(4,5)6/h1-6H3,(H3,10,11,12,13,14). The molecule has 1 aromatic heterocycles. The molecule has 0 saturated carbocycles. The molecule has 0 atom stereocenters. The van der Waals surface area contributed by atoms with Crippen molar-refractivity contribution < 1.29 is 4.43 Å². The van der Waals surface area contributed by atoms with Crippen LogP contribution in [0.15, 0.2) is 0 Å². The fourth-order valence-corrected chi connectivity index (χ4v) is 2.50. The summed E-state index contributed by atoms with van der Waals surface area (Å²) in [5, 5.41) is 0. The molecule has 1 rings (SSSR count). The molecule has 3 N–H and O–H groups in total. The van der Waals surface area contributed by atoms with E-state index >= 15 is 0 Å². The predicted octanol–water partition coefficient (Wildman–Crippen LogP) is 1.91. The number of hydrogen-bond acceptors (Lipinski definition) is 6. The summed E-state index contributed by atoms with van der Waals surface area (Å²) >= 11 is 0. The van der Waals surface area contributed by atoms with Gasteiger partial charge in [0.2, 0.25) is 20.2 Å². The van der Waals surface area contributed by atoms with E-state index in [-0.39, 0.29) is 5.95 Å². The highest BCUT2D eigenvalue weighted by molar-refractivity contribution is 6.79. The summed E-state index contributed by atoms with van der Waals surface area (Å²) in [5.41, 5.74) is 5.65. The number of nitrogens with zero attached hydrogens (tertiary/aromatic N) is 3. The van der Waals surface area contributed by atoms with Gasteiger partial charge < -0.3 is 15.1 Å². The monoisotopic (exact) mass is 271 g/mol. The van der Waals surface area contributed by atoms with Crippen molar-refractivity contribution in [1.82, 2.24) is 15.0 Å². The maximum Gasteiger partial charge on any atom is 0.309 e. The molecule has 0 radical (unpaired) electrons. The minimum absolute atomic E-state index is 0.189. The van der Waals surface area contributed by atoms with E-state index in [0.29, 0.717) is 12.0 Å². The average Bonchev–Trinajstić information content (AvgIpc) is 1.93. The van der Waals surface area contributed by atoms with Crippen LogP contribution in [-0.4, -0.2) is 31.5 Å². The van der Waals surface area contributed by atoms with E-state index in [1.807, 2.05) is 0 Å². The summed E-state index contributed by atoms with van der Waals surface area (Å²) in [4.78, 5) is 15.6. The Hall–Kier alpha value is -1.16. The average molecular weight is 271 g/mol. The molecule has 0 saturated heterocycles. The van der Waals surface area contributed by atoms with Gasteiger partial charge in [-0.05, 0) is 19.6 Å². The number of anilines is 2. The highest BCUT2D eigenvalue weighted by atomic mass is 28.4. The van der Waals surface area contributed by atoms with Gasteiger partial charge in [-0.3, -0.25) is 0 Å². The van der Waals surface area contributed by atoms with Gasteiger partial charge in [-0.2, -0.15) is 15.0 Å². The third-order valence-corrected chi connectivity index (χ3v) is 3.29. The molecule has 0 aliphatic heterocycles. The second-order valence-electron chi connectivity index (χ2n) is 5.89. The Morgan fingerprint density at radius 1 is 1.00 bits per heavy atom. The first-order chi connectivity index (χ1) is 7.55. The number of nitrogens with two attached hydrogens (primary N) is 1. The van der Waals surface area contributed by atoms with Crippen molar-refractivity contribution in [1.29, 1.82) is 0 Å². The first kappa shape index (κ1) is 13.9. The van der Waals surface area contributed by atoms with Crippen molar-refractivity contribution in [2.75, 3.05) is 10.7 Å². The van der Waals surface area contributed by atoms with E-state index in [1.54, 1.807) is 0 Å². The van der Waals surface area contributed by atoms with Gasteiger partial charge in [0.15, 0.2) is 0 Å². The zero-order valence-electron chi connectivity index (χ0n) is 11.3. The summed E-state index contributed by atoms with van der Waals surface area (Å²) in [7, 11) is -3.23. The molecular formula is C9H21N5OSi2. The highest BCUT2D eigenvalue weighted by Crippen LogP contribution is 2.15.